The minimum atomic E-state index is -1.78. The van der Waals surface area contributed by atoms with Gasteiger partial charge in [-0.15, -0.1) is 0 Å². The number of hydrogen-bond donors (Lipinski definition) is 16. The summed E-state index contributed by atoms with van der Waals surface area (Å²) in [6.07, 6.45) is -8.54. The Morgan fingerprint density at radius 3 is 0.938 bits per heavy atom. The summed E-state index contributed by atoms with van der Waals surface area (Å²) in [6, 6.07) is 0. The normalized spacial score (nSPS) is 35.7. The third kappa shape index (κ3) is 29.7. The highest BCUT2D eigenvalue weighted by molar-refractivity contribution is 5.70. The van der Waals surface area contributed by atoms with Gasteiger partial charge in [0.1, 0.15) is 111 Å². The molecule has 96 heavy (non-hydrogen) atoms. The number of carbonyl (C=O) groups excluding carboxylic acids is 2. The van der Waals surface area contributed by atoms with Gasteiger partial charge in [-0.05, 0) is 65.2 Å². The van der Waals surface area contributed by atoms with Crippen molar-refractivity contribution in [3.05, 3.63) is 0 Å². The summed E-state index contributed by atoms with van der Waals surface area (Å²) in [5.74, 6) is -1.58. The van der Waals surface area contributed by atoms with E-state index in [9.17, 15) is 91.3 Å². The lowest BCUT2D eigenvalue weighted by Gasteiger charge is -2.42. The van der Waals surface area contributed by atoms with Crippen LogP contribution in [0.2, 0.25) is 0 Å². The number of hydrogen-bond acceptors (Lipinski definition) is 28. The van der Waals surface area contributed by atoms with Crippen LogP contribution in [0.25, 0.3) is 0 Å². The standard InChI is InChI=1S/C68H124O28/c1-41(71)27-19-17-25-31-43(89-65-61(83)57(79)53(75)47(37-69)93-65)29-21-13-9-5-3-7-11-15-23-33-45-35-51(73)87-39-50-56(78)60(82)64(86)68(96-50)92-46(36-52(74)88-40-49-55(77)59(81)63(85)67(91-45)95-49)34-24-16-12-8-4-6-10-14-22-30-44(32-26-18-20-28-42(2)72)90-66-62(84)58(80)54(76)48(38-70)94-66/h41-50,53-72,75-86H,3-40H2,1-2H3/t41-,42-,43-,44+,45-,46+,47+,48+,49-,50+,53+,54+,55-,56+,57-,58-,59+,60-,61+,62+,63-,64+,65+,66+,67-,68+/m0/s1. The van der Waals surface area contributed by atoms with E-state index < -0.39 is 173 Å². The number of fused-ring (bicyclic) bond motifs is 4. The maximum absolute atomic E-state index is 13.5. The first-order chi connectivity index (χ1) is 46.0. The van der Waals surface area contributed by atoms with E-state index in [0.29, 0.717) is 51.4 Å². The van der Waals surface area contributed by atoms with E-state index in [0.717, 1.165) is 141 Å². The molecule has 16 N–H and O–H groups in total. The van der Waals surface area contributed by atoms with E-state index >= 15 is 0 Å². The molecule has 0 amide bonds. The minimum Gasteiger partial charge on any atom is -0.463 e. The smallest absolute Gasteiger partial charge is 0.308 e. The monoisotopic (exact) mass is 1390 g/mol. The first-order valence-corrected chi connectivity index (χ1v) is 36.3. The molecule has 5 saturated heterocycles. The molecule has 0 radical (unpaired) electrons. The second-order valence-electron chi connectivity index (χ2n) is 27.7. The van der Waals surface area contributed by atoms with Crippen molar-refractivity contribution < 1.29 is 139 Å². The molecule has 5 heterocycles. The van der Waals surface area contributed by atoms with E-state index in [-0.39, 0.29) is 50.1 Å². The van der Waals surface area contributed by atoms with Gasteiger partial charge in [-0.2, -0.15) is 0 Å². The summed E-state index contributed by atoms with van der Waals surface area (Å²) in [5.41, 5.74) is 0. The number of ether oxygens (including phenoxy) is 10. The zero-order valence-electron chi connectivity index (χ0n) is 56.9. The SMILES string of the molecule is C[C@H](O)CCCCC[C@@H](CCCCCCCCCCC[C@@H]1CC(=O)OC[C@@H]2O[C@H](O[C@@H](CCCCCCCCCCC[C@@H](CCCCC[C@H](C)O)O[C@@H]3O[C@H](CO)[C@@H](O)[C@H](O)[C@H]3O)CC(=O)OC[C@H]3O[C@@H](O1)[C@H](O)[C@@H](O)[C@@H]3O)[C@@H](O)[C@H](O)[C@H]2O)O[C@@H]1O[C@H](CO)[C@@H](O)[C@H](O)[C@H]1O. The van der Waals surface area contributed by atoms with Gasteiger partial charge in [0.15, 0.2) is 25.2 Å². The molecule has 5 fully saturated rings. The van der Waals surface area contributed by atoms with Gasteiger partial charge in [0.2, 0.25) is 0 Å². The molecule has 0 aliphatic carbocycles. The maximum atomic E-state index is 13.5. The van der Waals surface area contributed by atoms with Crippen LogP contribution in [0.15, 0.2) is 0 Å². The third-order valence-corrected chi connectivity index (χ3v) is 19.3. The van der Waals surface area contributed by atoms with E-state index in [1.165, 1.54) is 0 Å². The predicted octanol–water partition coefficient (Wildman–Crippen LogP) is 1.87. The van der Waals surface area contributed by atoms with Crippen LogP contribution in [0.3, 0.4) is 0 Å². The molecular formula is C68H124O28. The molecular weight excluding hydrogens is 1260 g/mol. The molecule has 28 heteroatoms. The van der Waals surface area contributed by atoms with Gasteiger partial charge in [-0.25, -0.2) is 0 Å². The van der Waals surface area contributed by atoms with Crippen molar-refractivity contribution in [2.75, 3.05) is 26.4 Å². The lowest BCUT2D eigenvalue weighted by Crippen LogP contribution is -2.60. The molecule has 0 aromatic rings. The Hall–Kier alpha value is -2.02. The zero-order valence-corrected chi connectivity index (χ0v) is 56.9. The van der Waals surface area contributed by atoms with Crippen LogP contribution in [-0.2, 0) is 57.0 Å². The van der Waals surface area contributed by atoms with Gasteiger partial charge >= 0.3 is 11.9 Å². The largest absolute Gasteiger partial charge is 0.463 e. The fourth-order valence-electron chi connectivity index (χ4n) is 13.2. The number of carbonyl (C=O) groups is 2. The summed E-state index contributed by atoms with van der Waals surface area (Å²) >= 11 is 0. The zero-order chi connectivity index (χ0) is 70.1. The van der Waals surface area contributed by atoms with Crippen LogP contribution in [0.5, 0.6) is 0 Å². The topological polar surface area (TPSA) is 450 Å². The molecule has 5 aliphatic rings. The fraction of sp³-hybridized carbons (Fsp3) is 0.971. The van der Waals surface area contributed by atoms with Gasteiger partial charge in [0.05, 0.1) is 62.7 Å². The molecule has 0 saturated carbocycles. The fourth-order valence-corrected chi connectivity index (χ4v) is 13.2. The van der Waals surface area contributed by atoms with Crippen molar-refractivity contribution in [2.45, 2.75) is 392 Å². The van der Waals surface area contributed by atoms with E-state index in [1.807, 2.05) is 0 Å². The molecule has 0 aromatic heterocycles. The molecule has 0 unspecified atom stereocenters. The molecule has 0 aromatic carbocycles. The van der Waals surface area contributed by atoms with Crippen molar-refractivity contribution in [1.82, 2.24) is 0 Å². The van der Waals surface area contributed by atoms with Crippen molar-refractivity contribution in [2.24, 2.45) is 0 Å². The molecule has 26 atom stereocenters. The van der Waals surface area contributed by atoms with Crippen molar-refractivity contribution in [1.29, 1.82) is 0 Å². The quantitative estimate of drug-likeness (QED) is 0.0306. The number of aliphatic hydroxyl groups excluding tert-OH is 16. The summed E-state index contributed by atoms with van der Waals surface area (Å²) in [7, 11) is 0. The third-order valence-electron chi connectivity index (χ3n) is 19.3. The van der Waals surface area contributed by atoms with Crippen LogP contribution in [-0.4, -0.2) is 280 Å². The highest BCUT2D eigenvalue weighted by Crippen LogP contribution is 2.32. The minimum absolute atomic E-state index is 0.284. The van der Waals surface area contributed by atoms with E-state index in [2.05, 4.69) is 0 Å². The summed E-state index contributed by atoms with van der Waals surface area (Å²) in [5, 5.41) is 167. The first kappa shape index (κ1) is 84.6. The lowest BCUT2D eigenvalue weighted by atomic mass is 9.98. The van der Waals surface area contributed by atoms with Crippen LogP contribution < -0.4 is 0 Å². The van der Waals surface area contributed by atoms with Crippen LogP contribution in [0.4, 0.5) is 0 Å². The van der Waals surface area contributed by atoms with Crippen LogP contribution >= 0.6 is 0 Å². The Morgan fingerprint density at radius 2 is 0.625 bits per heavy atom. The van der Waals surface area contributed by atoms with E-state index in [4.69, 9.17) is 47.4 Å². The molecule has 5 rings (SSSR count). The van der Waals surface area contributed by atoms with E-state index in [1.54, 1.807) is 13.8 Å². The second-order valence-corrected chi connectivity index (χ2v) is 27.7. The van der Waals surface area contributed by atoms with Gasteiger partial charge < -0.3 is 129 Å². The van der Waals surface area contributed by atoms with Gasteiger partial charge in [0, 0.05) is 0 Å². The van der Waals surface area contributed by atoms with Crippen LogP contribution in [0.1, 0.15) is 232 Å². The van der Waals surface area contributed by atoms with Crippen molar-refractivity contribution in [3.8, 4) is 0 Å². The van der Waals surface area contributed by atoms with Crippen LogP contribution in [0, 0.1) is 0 Å². The van der Waals surface area contributed by atoms with Crippen molar-refractivity contribution in [3.63, 3.8) is 0 Å². The molecule has 564 valence electrons. The number of aliphatic hydroxyl groups is 16. The van der Waals surface area contributed by atoms with Gasteiger partial charge in [0.25, 0.3) is 0 Å². The maximum Gasteiger partial charge on any atom is 0.308 e. The summed E-state index contributed by atoms with van der Waals surface area (Å²) < 4.78 is 58.8. The average molecular weight is 1390 g/mol. The lowest BCUT2D eigenvalue weighted by molar-refractivity contribution is -0.316. The van der Waals surface area contributed by atoms with Gasteiger partial charge in [-0.1, -0.05) is 154 Å². The number of unbranched alkanes of at least 4 members (excludes halogenated alkanes) is 20. The Bertz CT molecular complexity index is 1890. The Labute approximate surface area is 566 Å². The molecule has 5 aliphatic heterocycles. The first-order valence-electron chi connectivity index (χ1n) is 36.3. The molecule has 4 bridgehead atoms. The highest BCUT2D eigenvalue weighted by Gasteiger charge is 2.49. The molecule has 0 spiro atoms. The number of cyclic esters (lactones) is 2. The molecule has 28 nitrogen and oxygen atoms in total. The highest BCUT2D eigenvalue weighted by atomic mass is 16.7. The summed E-state index contributed by atoms with van der Waals surface area (Å²) in [4.78, 5) is 27.1. The Morgan fingerprint density at radius 1 is 0.344 bits per heavy atom. The van der Waals surface area contributed by atoms with Crippen molar-refractivity contribution >= 4 is 11.9 Å². The Kier molecular flexibility index (Phi) is 41.0. The average Bonchev–Trinajstić information content (AvgIpc) is 0.846. The Balaban J connectivity index is 1.05. The number of esters is 2. The predicted molar refractivity (Wildman–Crippen MR) is 343 cm³/mol. The second kappa shape index (κ2) is 46.6. The number of rotatable bonds is 42. The summed E-state index contributed by atoms with van der Waals surface area (Å²) in [6.45, 7) is 1.28. The van der Waals surface area contributed by atoms with Gasteiger partial charge in [-0.3, -0.25) is 9.59 Å².